The van der Waals surface area contributed by atoms with Gasteiger partial charge in [0.2, 0.25) is 11.8 Å². The van der Waals surface area contributed by atoms with Gasteiger partial charge in [-0.15, -0.1) is 0 Å². The molecule has 1 aliphatic rings. The standard InChI is InChI=1S/C19H26N2O7S/c1-27-19(24)16-11-15(29(2,25)26)13-21(16)18(23)12-20-17(22)9-6-10-28-14-7-4-3-5-8-14/h3-5,7-8,15-16H,6,9-13H2,1-2H3,(H,20,22)/t15-,16+/m1/s1. The van der Waals surface area contributed by atoms with Crippen molar-refractivity contribution in [3.63, 3.8) is 0 Å². The van der Waals surface area contributed by atoms with Gasteiger partial charge in [0.1, 0.15) is 11.8 Å². The minimum absolute atomic E-state index is 0.0119. The van der Waals surface area contributed by atoms with Crippen LogP contribution in [0.5, 0.6) is 5.75 Å². The van der Waals surface area contributed by atoms with E-state index in [4.69, 9.17) is 4.74 Å². The molecule has 0 radical (unpaired) electrons. The zero-order chi connectivity index (χ0) is 21.4. The van der Waals surface area contributed by atoms with Crippen molar-refractivity contribution in [2.45, 2.75) is 30.6 Å². The molecule has 0 unspecified atom stereocenters. The Hall–Kier alpha value is -2.62. The van der Waals surface area contributed by atoms with Crippen LogP contribution in [-0.2, 0) is 29.0 Å². The Morgan fingerprint density at radius 1 is 1.21 bits per heavy atom. The lowest BCUT2D eigenvalue weighted by Crippen LogP contribution is -2.46. The molecular weight excluding hydrogens is 400 g/mol. The number of likely N-dealkylation sites (tertiary alicyclic amines) is 1. The zero-order valence-corrected chi connectivity index (χ0v) is 17.3. The van der Waals surface area contributed by atoms with E-state index in [0.717, 1.165) is 11.2 Å². The first kappa shape index (κ1) is 22.7. The van der Waals surface area contributed by atoms with Gasteiger partial charge in [0, 0.05) is 19.2 Å². The molecule has 1 aromatic carbocycles. The Morgan fingerprint density at radius 2 is 1.90 bits per heavy atom. The van der Waals surface area contributed by atoms with Gasteiger partial charge in [-0.3, -0.25) is 9.59 Å². The minimum atomic E-state index is -3.42. The summed E-state index contributed by atoms with van der Waals surface area (Å²) in [6.07, 6.45) is 1.70. The smallest absolute Gasteiger partial charge is 0.328 e. The van der Waals surface area contributed by atoms with Gasteiger partial charge in [0.15, 0.2) is 9.84 Å². The molecule has 1 heterocycles. The number of carbonyl (C=O) groups is 3. The highest BCUT2D eigenvalue weighted by Gasteiger charge is 2.43. The molecule has 1 aromatic rings. The number of hydrogen-bond acceptors (Lipinski definition) is 7. The number of nitrogens with zero attached hydrogens (tertiary/aromatic N) is 1. The molecule has 1 N–H and O–H groups in total. The summed E-state index contributed by atoms with van der Waals surface area (Å²) in [4.78, 5) is 37.5. The Kier molecular flexibility index (Phi) is 8.00. The van der Waals surface area contributed by atoms with E-state index in [1.165, 1.54) is 7.11 Å². The third-order valence-corrected chi connectivity index (χ3v) is 6.21. The fourth-order valence-electron chi connectivity index (χ4n) is 3.05. The van der Waals surface area contributed by atoms with E-state index >= 15 is 0 Å². The molecule has 2 rings (SSSR count). The SMILES string of the molecule is COC(=O)[C@@H]1C[C@@H](S(C)(=O)=O)CN1C(=O)CNC(=O)CCCOc1ccccc1. The Labute approximate surface area is 170 Å². The van der Waals surface area contributed by atoms with Crippen molar-refractivity contribution >= 4 is 27.6 Å². The van der Waals surface area contributed by atoms with Gasteiger partial charge in [-0.25, -0.2) is 13.2 Å². The number of amides is 2. The van der Waals surface area contributed by atoms with Crippen LogP contribution in [-0.4, -0.2) is 75.5 Å². The number of esters is 1. The van der Waals surface area contributed by atoms with Crippen molar-refractivity contribution in [2.24, 2.45) is 0 Å². The second kappa shape index (κ2) is 10.2. The first-order chi connectivity index (χ1) is 13.7. The molecule has 160 valence electrons. The Balaban J connectivity index is 1.78. The van der Waals surface area contributed by atoms with Gasteiger partial charge >= 0.3 is 5.97 Å². The van der Waals surface area contributed by atoms with Gasteiger partial charge < -0.3 is 19.7 Å². The van der Waals surface area contributed by atoms with Crippen molar-refractivity contribution in [3.05, 3.63) is 30.3 Å². The van der Waals surface area contributed by atoms with E-state index in [0.29, 0.717) is 18.8 Å². The Bertz CT molecular complexity index is 826. The van der Waals surface area contributed by atoms with Gasteiger partial charge in [-0.05, 0) is 25.0 Å². The molecule has 29 heavy (non-hydrogen) atoms. The predicted octanol–water partition coefficient (Wildman–Crippen LogP) is 0.149. The van der Waals surface area contributed by atoms with Crippen LogP contribution in [0.4, 0.5) is 0 Å². The number of ether oxygens (including phenoxy) is 2. The number of methoxy groups -OCH3 is 1. The number of carbonyl (C=O) groups excluding carboxylic acids is 3. The van der Waals surface area contributed by atoms with Gasteiger partial charge in [-0.1, -0.05) is 18.2 Å². The van der Waals surface area contributed by atoms with Crippen LogP contribution in [0.2, 0.25) is 0 Å². The molecule has 1 saturated heterocycles. The van der Waals surface area contributed by atoms with Crippen molar-refractivity contribution in [3.8, 4) is 5.75 Å². The van der Waals surface area contributed by atoms with E-state index in [-0.39, 0.29) is 31.8 Å². The summed E-state index contributed by atoms with van der Waals surface area (Å²) < 4.78 is 33.8. The van der Waals surface area contributed by atoms with E-state index in [2.05, 4.69) is 10.1 Å². The number of hydrogen-bond donors (Lipinski definition) is 1. The molecule has 1 fully saturated rings. The number of nitrogens with one attached hydrogen (secondary N) is 1. The predicted molar refractivity (Wildman–Crippen MR) is 105 cm³/mol. The van der Waals surface area contributed by atoms with E-state index in [1.54, 1.807) is 0 Å². The molecule has 0 saturated carbocycles. The molecule has 1 aliphatic heterocycles. The first-order valence-corrected chi connectivity index (χ1v) is 11.2. The third-order valence-electron chi connectivity index (χ3n) is 4.66. The highest BCUT2D eigenvalue weighted by atomic mass is 32.2. The summed E-state index contributed by atoms with van der Waals surface area (Å²) in [5, 5.41) is 1.67. The molecule has 10 heteroatoms. The van der Waals surface area contributed by atoms with Crippen molar-refractivity contribution < 1.29 is 32.3 Å². The zero-order valence-electron chi connectivity index (χ0n) is 16.5. The first-order valence-electron chi connectivity index (χ1n) is 9.23. The van der Waals surface area contributed by atoms with Gasteiger partial charge in [0.25, 0.3) is 0 Å². The van der Waals surface area contributed by atoms with Gasteiger partial charge in [-0.2, -0.15) is 0 Å². The maximum Gasteiger partial charge on any atom is 0.328 e. The normalized spacial score (nSPS) is 18.9. The number of sulfone groups is 1. The number of rotatable bonds is 9. The van der Waals surface area contributed by atoms with E-state index < -0.39 is 33.0 Å². The summed E-state index contributed by atoms with van der Waals surface area (Å²) in [5.41, 5.74) is 0. The summed E-state index contributed by atoms with van der Waals surface area (Å²) >= 11 is 0. The molecule has 0 bridgehead atoms. The summed E-state index contributed by atoms with van der Waals surface area (Å²) in [6, 6.07) is 8.24. The lowest BCUT2D eigenvalue weighted by molar-refractivity contribution is -0.150. The lowest BCUT2D eigenvalue weighted by atomic mass is 10.2. The number of para-hydroxylation sites is 1. The average molecular weight is 426 g/mol. The van der Waals surface area contributed by atoms with Gasteiger partial charge in [0.05, 0.1) is 25.5 Å². The van der Waals surface area contributed by atoms with Crippen molar-refractivity contribution in [2.75, 3.05) is 33.1 Å². The maximum absolute atomic E-state index is 12.5. The summed E-state index contributed by atoms with van der Waals surface area (Å²) in [6.45, 7) is -0.0570. The van der Waals surface area contributed by atoms with Crippen LogP contribution < -0.4 is 10.1 Å². The molecule has 0 spiro atoms. The quantitative estimate of drug-likeness (QED) is 0.441. The van der Waals surface area contributed by atoms with E-state index in [1.807, 2.05) is 30.3 Å². The van der Waals surface area contributed by atoms with Crippen LogP contribution >= 0.6 is 0 Å². The van der Waals surface area contributed by atoms with E-state index in [9.17, 15) is 22.8 Å². The lowest BCUT2D eigenvalue weighted by Gasteiger charge is -2.22. The minimum Gasteiger partial charge on any atom is -0.494 e. The summed E-state index contributed by atoms with van der Waals surface area (Å²) in [7, 11) is -2.24. The maximum atomic E-state index is 12.5. The highest BCUT2D eigenvalue weighted by Crippen LogP contribution is 2.24. The average Bonchev–Trinajstić information content (AvgIpc) is 3.15. The second-order valence-electron chi connectivity index (χ2n) is 6.81. The van der Waals surface area contributed by atoms with Crippen molar-refractivity contribution in [1.29, 1.82) is 0 Å². The molecule has 2 atom stereocenters. The Morgan fingerprint density at radius 3 is 2.52 bits per heavy atom. The second-order valence-corrected chi connectivity index (χ2v) is 9.14. The molecule has 2 amide bonds. The van der Waals surface area contributed by atoms with Crippen molar-refractivity contribution in [1.82, 2.24) is 10.2 Å². The molecule has 0 aromatic heterocycles. The number of benzene rings is 1. The monoisotopic (exact) mass is 426 g/mol. The molecule has 9 nitrogen and oxygen atoms in total. The van der Waals surface area contributed by atoms with Crippen LogP contribution in [0.15, 0.2) is 30.3 Å². The topological polar surface area (TPSA) is 119 Å². The highest BCUT2D eigenvalue weighted by molar-refractivity contribution is 7.91. The molecule has 0 aliphatic carbocycles. The van der Waals surface area contributed by atoms with Crippen LogP contribution in [0.3, 0.4) is 0 Å². The largest absolute Gasteiger partial charge is 0.494 e. The van der Waals surface area contributed by atoms with Crippen LogP contribution in [0.25, 0.3) is 0 Å². The summed E-state index contributed by atoms with van der Waals surface area (Å²) in [5.74, 6) is -0.816. The fourth-order valence-corrected chi connectivity index (χ4v) is 4.01. The van der Waals surface area contributed by atoms with Crippen LogP contribution in [0, 0.1) is 0 Å². The fraction of sp³-hybridized carbons (Fsp3) is 0.526. The third kappa shape index (κ3) is 6.74. The van der Waals surface area contributed by atoms with Crippen LogP contribution in [0.1, 0.15) is 19.3 Å². The molecular formula is C19H26N2O7S.